The number of amides is 1. The smallest absolute Gasteiger partial charge is 0.267 e. The molecule has 32 heavy (non-hydrogen) atoms. The van der Waals surface area contributed by atoms with Crippen LogP contribution < -0.4 is 5.32 Å². The molecule has 0 bridgehead atoms. The third-order valence-electron chi connectivity index (χ3n) is 6.72. The highest BCUT2D eigenvalue weighted by Gasteiger charge is 2.21. The molecule has 3 heterocycles. The summed E-state index contributed by atoms with van der Waals surface area (Å²) in [5, 5.41) is 3.16. The summed E-state index contributed by atoms with van der Waals surface area (Å²) in [6, 6.07) is 23.4. The molecule has 0 aliphatic carbocycles. The third kappa shape index (κ3) is 4.79. The monoisotopic (exact) mass is 428 g/mol. The molecule has 0 saturated carbocycles. The number of benzene rings is 2. The number of aromatic nitrogens is 1. The minimum atomic E-state index is 0.0465. The minimum Gasteiger partial charge on any atom is -0.349 e. The van der Waals surface area contributed by atoms with Gasteiger partial charge < -0.3 is 9.88 Å². The summed E-state index contributed by atoms with van der Waals surface area (Å²) < 4.78 is 2.22. The Labute approximate surface area is 190 Å². The van der Waals surface area contributed by atoms with Gasteiger partial charge >= 0.3 is 0 Å². The van der Waals surface area contributed by atoms with E-state index in [0.717, 1.165) is 64.3 Å². The average molecular weight is 429 g/mol. The lowest BCUT2D eigenvalue weighted by Crippen LogP contribution is -2.38. The average Bonchev–Trinajstić information content (AvgIpc) is 3.11. The van der Waals surface area contributed by atoms with Gasteiger partial charge in [0.25, 0.3) is 5.91 Å². The molecule has 5 rings (SSSR count). The zero-order valence-corrected chi connectivity index (χ0v) is 18.7. The van der Waals surface area contributed by atoms with Crippen molar-refractivity contribution in [3.63, 3.8) is 0 Å². The highest BCUT2D eigenvalue weighted by atomic mass is 16.1. The van der Waals surface area contributed by atoms with Crippen molar-refractivity contribution in [3.05, 3.63) is 94.8 Å². The highest BCUT2D eigenvalue weighted by molar-refractivity contribution is 5.92. The number of nitrogens with zero attached hydrogens (tertiary/aromatic N) is 3. The van der Waals surface area contributed by atoms with Crippen molar-refractivity contribution in [2.45, 2.75) is 39.0 Å². The Morgan fingerprint density at radius 2 is 1.62 bits per heavy atom. The molecule has 0 spiro atoms. The van der Waals surface area contributed by atoms with Crippen LogP contribution in [0.1, 0.15) is 39.3 Å². The predicted molar refractivity (Wildman–Crippen MR) is 127 cm³/mol. The molecule has 166 valence electrons. The standard InChI is InChI=1S/C27H32N4O/c32-27(28-14-18-29-17-13-23-9-4-5-10-24(23)20-29)26-12-11-25-21-30(15-6-16-31(25)26)19-22-7-2-1-3-8-22/h1-5,7-12H,6,13-21H2,(H,28,32). The summed E-state index contributed by atoms with van der Waals surface area (Å²) in [6.45, 7) is 7.39. The number of carbonyl (C=O) groups is 1. The van der Waals surface area contributed by atoms with E-state index in [9.17, 15) is 4.79 Å². The molecule has 3 aromatic rings. The Kier molecular flexibility index (Phi) is 6.37. The second-order valence-electron chi connectivity index (χ2n) is 8.96. The fourth-order valence-electron chi connectivity index (χ4n) is 5.01. The summed E-state index contributed by atoms with van der Waals surface area (Å²) in [4.78, 5) is 17.8. The normalized spacial score (nSPS) is 16.8. The highest BCUT2D eigenvalue weighted by Crippen LogP contribution is 2.20. The first kappa shape index (κ1) is 21.0. The fourth-order valence-corrected chi connectivity index (χ4v) is 5.01. The van der Waals surface area contributed by atoms with Gasteiger partial charge in [0.05, 0.1) is 0 Å². The molecule has 5 nitrogen and oxygen atoms in total. The Balaban J connectivity index is 1.15. The van der Waals surface area contributed by atoms with E-state index >= 15 is 0 Å². The van der Waals surface area contributed by atoms with Crippen molar-refractivity contribution >= 4 is 5.91 Å². The Morgan fingerprint density at radius 3 is 2.50 bits per heavy atom. The van der Waals surface area contributed by atoms with E-state index in [0.29, 0.717) is 6.54 Å². The van der Waals surface area contributed by atoms with Crippen LogP contribution in [0.3, 0.4) is 0 Å². The van der Waals surface area contributed by atoms with Gasteiger partial charge in [-0.15, -0.1) is 0 Å². The van der Waals surface area contributed by atoms with Crippen LogP contribution in [-0.4, -0.2) is 46.5 Å². The van der Waals surface area contributed by atoms with Crippen molar-refractivity contribution in [1.29, 1.82) is 0 Å². The van der Waals surface area contributed by atoms with Crippen LogP contribution in [0.25, 0.3) is 0 Å². The quantitative estimate of drug-likeness (QED) is 0.651. The number of hydrogen-bond donors (Lipinski definition) is 1. The Morgan fingerprint density at radius 1 is 0.812 bits per heavy atom. The van der Waals surface area contributed by atoms with E-state index in [-0.39, 0.29) is 5.91 Å². The Hall–Kier alpha value is -2.89. The second kappa shape index (κ2) is 9.72. The van der Waals surface area contributed by atoms with Gasteiger partial charge in [0.15, 0.2) is 0 Å². The van der Waals surface area contributed by atoms with E-state index in [1.54, 1.807) is 0 Å². The lowest BCUT2D eigenvalue weighted by atomic mass is 10.00. The van der Waals surface area contributed by atoms with Gasteiger partial charge in [0.1, 0.15) is 5.69 Å². The first-order chi connectivity index (χ1) is 15.8. The first-order valence-corrected chi connectivity index (χ1v) is 11.8. The van der Waals surface area contributed by atoms with Crippen LogP contribution in [0.15, 0.2) is 66.7 Å². The van der Waals surface area contributed by atoms with Gasteiger partial charge in [-0.3, -0.25) is 14.6 Å². The molecule has 0 radical (unpaired) electrons. The third-order valence-corrected chi connectivity index (χ3v) is 6.72. The van der Waals surface area contributed by atoms with Crippen LogP contribution in [-0.2, 0) is 32.6 Å². The first-order valence-electron chi connectivity index (χ1n) is 11.8. The molecule has 1 amide bonds. The van der Waals surface area contributed by atoms with Gasteiger partial charge in [-0.25, -0.2) is 0 Å². The van der Waals surface area contributed by atoms with Gasteiger partial charge in [0, 0.05) is 58.1 Å². The van der Waals surface area contributed by atoms with Crippen LogP contribution in [0.2, 0.25) is 0 Å². The van der Waals surface area contributed by atoms with E-state index in [1.165, 1.54) is 22.4 Å². The zero-order chi connectivity index (χ0) is 21.8. The predicted octanol–water partition coefficient (Wildman–Crippen LogP) is 3.68. The molecule has 5 heteroatoms. The van der Waals surface area contributed by atoms with E-state index in [2.05, 4.69) is 80.3 Å². The number of hydrogen-bond acceptors (Lipinski definition) is 3. The fraction of sp³-hybridized carbons (Fsp3) is 0.370. The van der Waals surface area contributed by atoms with Gasteiger partial charge in [-0.1, -0.05) is 54.6 Å². The molecule has 0 saturated heterocycles. The maximum Gasteiger partial charge on any atom is 0.267 e. The minimum absolute atomic E-state index is 0.0465. The van der Waals surface area contributed by atoms with Gasteiger partial charge in [-0.05, 0) is 41.7 Å². The van der Waals surface area contributed by atoms with Crippen molar-refractivity contribution in [2.75, 3.05) is 26.2 Å². The molecule has 0 fully saturated rings. The molecule has 0 atom stereocenters. The second-order valence-corrected chi connectivity index (χ2v) is 8.96. The van der Waals surface area contributed by atoms with Crippen LogP contribution >= 0.6 is 0 Å². The molecule has 0 unspecified atom stereocenters. The number of carbonyl (C=O) groups excluding carboxylic acids is 1. The molecule has 2 aliphatic rings. The SMILES string of the molecule is O=C(NCCN1CCc2ccccc2C1)c1ccc2n1CCCN(Cc1ccccc1)C2. The van der Waals surface area contributed by atoms with E-state index < -0.39 is 0 Å². The van der Waals surface area contributed by atoms with Crippen LogP contribution in [0.4, 0.5) is 0 Å². The topological polar surface area (TPSA) is 40.5 Å². The summed E-state index contributed by atoms with van der Waals surface area (Å²) in [5.41, 5.74) is 6.25. The van der Waals surface area contributed by atoms with E-state index in [1.807, 2.05) is 6.07 Å². The molecular formula is C27H32N4O. The van der Waals surface area contributed by atoms with Crippen molar-refractivity contribution in [1.82, 2.24) is 19.7 Å². The molecule has 2 aliphatic heterocycles. The summed E-state index contributed by atoms with van der Waals surface area (Å²) in [7, 11) is 0. The number of fused-ring (bicyclic) bond motifs is 2. The van der Waals surface area contributed by atoms with E-state index in [4.69, 9.17) is 0 Å². The maximum atomic E-state index is 12.9. The summed E-state index contributed by atoms with van der Waals surface area (Å²) >= 11 is 0. The van der Waals surface area contributed by atoms with Crippen LogP contribution in [0, 0.1) is 0 Å². The summed E-state index contributed by atoms with van der Waals surface area (Å²) in [6.07, 6.45) is 2.15. The molecule has 1 aromatic heterocycles. The summed E-state index contributed by atoms with van der Waals surface area (Å²) in [5.74, 6) is 0.0465. The lowest BCUT2D eigenvalue weighted by molar-refractivity contribution is 0.0937. The lowest BCUT2D eigenvalue weighted by Gasteiger charge is -2.28. The van der Waals surface area contributed by atoms with Crippen molar-refractivity contribution in [2.24, 2.45) is 0 Å². The largest absolute Gasteiger partial charge is 0.349 e. The number of rotatable bonds is 6. The van der Waals surface area contributed by atoms with Crippen molar-refractivity contribution in [3.8, 4) is 0 Å². The van der Waals surface area contributed by atoms with Crippen molar-refractivity contribution < 1.29 is 4.79 Å². The zero-order valence-electron chi connectivity index (χ0n) is 18.7. The van der Waals surface area contributed by atoms with Gasteiger partial charge in [-0.2, -0.15) is 0 Å². The van der Waals surface area contributed by atoms with Gasteiger partial charge in [0.2, 0.25) is 0 Å². The van der Waals surface area contributed by atoms with Crippen LogP contribution in [0.5, 0.6) is 0 Å². The maximum absolute atomic E-state index is 12.9. The number of nitrogens with one attached hydrogen (secondary N) is 1. The Bertz CT molecular complexity index is 1060. The molecule has 1 N–H and O–H groups in total. The molecular weight excluding hydrogens is 396 g/mol. The molecule has 2 aromatic carbocycles.